The Labute approximate surface area is 106 Å². The molecule has 0 saturated heterocycles. The summed E-state index contributed by atoms with van der Waals surface area (Å²) in [5.41, 5.74) is 1.06. The molecule has 0 bridgehead atoms. The van der Waals surface area contributed by atoms with E-state index in [2.05, 4.69) is 6.07 Å². The average Bonchev–Trinajstić information content (AvgIpc) is 3.13. The highest BCUT2D eigenvalue weighted by atomic mass is 19.1. The van der Waals surface area contributed by atoms with Gasteiger partial charge in [-0.05, 0) is 31.9 Å². The van der Waals surface area contributed by atoms with Crippen LogP contribution in [0.5, 0.6) is 0 Å². The summed E-state index contributed by atoms with van der Waals surface area (Å²) in [5, 5.41) is 18.4. The summed E-state index contributed by atoms with van der Waals surface area (Å²) in [6.07, 6.45) is 1.71. The smallest absolute Gasteiger partial charge is 0.131 e. The zero-order chi connectivity index (χ0) is 13.1. The minimum absolute atomic E-state index is 0.335. The number of nitriles is 1. The molecule has 0 heterocycles. The third-order valence-corrected chi connectivity index (χ3v) is 3.21. The van der Waals surface area contributed by atoms with Crippen LogP contribution in [0.15, 0.2) is 18.2 Å². The van der Waals surface area contributed by atoms with Crippen LogP contribution in [0.1, 0.15) is 37.9 Å². The van der Waals surface area contributed by atoms with Gasteiger partial charge < -0.3 is 10.0 Å². The molecule has 96 valence electrons. The van der Waals surface area contributed by atoms with Gasteiger partial charge >= 0.3 is 0 Å². The van der Waals surface area contributed by atoms with Crippen LogP contribution in [0, 0.1) is 17.1 Å². The van der Waals surface area contributed by atoms with Crippen LogP contribution in [-0.4, -0.2) is 17.7 Å². The van der Waals surface area contributed by atoms with E-state index in [1.807, 2.05) is 11.0 Å². The number of aliphatic hydroxyl groups excluding tert-OH is 1. The Morgan fingerprint density at radius 3 is 2.83 bits per heavy atom. The first kappa shape index (κ1) is 12.8. The molecule has 0 aromatic heterocycles. The third-order valence-electron chi connectivity index (χ3n) is 3.21. The van der Waals surface area contributed by atoms with E-state index in [9.17, 15) is 9.50 Å². The zero-order valence-electron chi connectivity index (χ0n) is 10.4. The number of rotatable bonds is 5. The Balaban J connectivity index is 2.34. The summed E-state index contributed by atoms with van der Waals surface area (Å²) >= 11 is 0. The maximum Gasteiger partial charge on any atom is 0.131 e. The molecule has 1 N–H and O–H groups in total. The molecule has 18 heavy (non-hydrogen) atoms. The largest absolute Gasteiger partial charge is 0.389 e. The summed E-state index contributed by atoms with van der Waals surface area (Å²) in [7, 11) is 0. The molecular formula is C14H17FN2O. The van der Waals surface area contributed by atoms with Crippen molar-refractivity contribution < 1.29 is 9.50 Å². The van der Waals surface area contributed by atoms with Crippen molar-refractivity contribution in [1.82, 2.24) is 0 Å². The van der Waals surface area contributed by atoms with E-state index >= 15 is 0 Å². The predicted octanol–water partition coefficient (Wildman–Crippen LogP) is 2.76. The van der Waals surface area contributed by atoms with Gasteiger partial charge in [-0.15, -0.1) is 0 Å². The second-order valence-corrected chi connectivity index (χ2v) is 4.68. The second-order valence-electron chi connectivity index (χ2n) is 4.68. The predicted molar refractivity (Wildman–Crippen MR) is 67.6 cm³/mol. The Bertz CT molecular complexity index is 463. The fourth-order valence-corrected chi connectivity index (χ4v) is 2.25. The standard InChI is InChI=1S/C14H17FN2O/c1-10(18)14-12(15)4-2-5-13(14)17(9-3-8-16)11-6-7-11/h2,4-5,10-11,18H,3,6-7,9H2,1H3/t10-/m1/s1. The van der Waals surface area contributed by atoms with Gasteiger partial charge in [0.05, 0.1) is 18.6 Å². The van der Waals surface area contributed by atoms with Gasteiger partial charge in [0.15, 0.2) is 0 Å². The highest BCUT2D eigenvalue weighted by Crippen LogP contribution is 2.36. The van der Waals surface area contributed by atoms with E-state index in [-0.39, 0.29) is 5.82 Å². The van der Waals surface area contributed by atoms with Crippen molar-refractivity contribution in [2.24, 2.45) is 0 Å². The topological polar surface area (TPSA) is 47.3 Å². The monoisotopic (exact) mass is 248 g/mol. The van der Waals surface area contributed by atoms with Crippen LogP contribution in [0.2, 0.25) is 0 Å². The first-order valence-electron chi connectivity index (χ1n) is 6.25. The molecule has 1 aromatic carbocycles. The molecule has 1 saturated carbocycles. The van der Waals surface area contributed by atoms with Crippen LogP contribution >= 0.6 is 0 Å². The number of anilines is 1. The summed E-state index contributed by atoms with van der Waals surface area (Å²) in [5.74, 6) is -0.384. The van der Waals surface area contributed by atoms with E-state index in [1.165, 1.54) is 6.07 Å². The summed E-state index contributed by atoms with van der Waals surface area (Å²) < 4.78 is 13.8. The first-order chi connectivity index (χ1) is 8.65. The van der Waals surface area contributed by atoms with E-state index in [1.54, 1.807) is 13.0 Å². The molecule has 1 aliphatic carbocycles. The zero-order valence-corrected chi connectivity index (χ0v) is 10.4. The Hall–Kier alpha value is -1.60. The highest BCUT2D eigenvalue weighted by molar-refractivity contribution is 5.56. The molecule has 4 heteroatoms. The van der Waals surface area contributed by atoms with Gasteiger partial charge in [-0.25, -0.2) is 4.39 Å². The van der Waals surface area contributed by atoms with Crippen molar-refractivity contribution in [2.45, 2.75) is 38.3 Å². The molecule has 0 unspecified atom stereocenters. The third kappa shape index (κ3) is 2.62. The molecule has 3 nitrogen and oxygen atoms in total. The van der Waals surface area contributed by atoms with Crippen molar-refractivity contribution >= 4 is 5.69 Å². The van der Waals surface area contributed by atoms with Crippen LogP contribution in [-0.2, 0) is 0 Å². The Morgan fingerprint density at radius 1 is 1.56 bits per heavy atom. The van der Waals surface area contributed by atoms with Crippen molar-refractivity contribution in [3.05, 3.63) is 29.6 Å². The maximum absolute atomic E-state index is 13.8. The first-order valence-corrected chi connectivity index (χ1v) is 6.25. The minimum Gasteiger partial charge on any atom is -0.389 e. The number of hydrogen-bond acceptors (Lipinski definition) is 3. The van der Waals surface area contributed by atoms with Crippen LogP contribution in [0.25, 0.3) is 0 Å². The SMILES string of the molecule is C[C@@H](O)c1c(F)cccc1N(CCC#N)C1CC1. The second kappa shape index (κ2) is 5.36. The Kier molecular flexibility index (Phi) is 3.83. The molecule has 0 aliphatic heterocycles. The molecule has 0 spiro atoms. The summed E-state index contributed by atoms with van der Waals surface area (Å²) in [6.45, 7) is 2.15. The van der Waals surface area contributed by atoms with Gasteiger partial charge in [0.2, 0.25) is 0 Å². The lowest BCUT2D eigenvalue weighted by atomic mass is 10.1. The lowest BCUT2D eigenvalue weighted by Crippen LogP contribution is -2.28. The van der Waals surface area contributed by atoms with Gasteiger partial charge in [0.25, 0.3) is 0 Å². The Morgan fingerprint density at radius 2 is 2.28 bits per heavy atom. The molecule has 0 radical (unpaired) electrons. The van der Waals surface area contributed by atoms with Gasteiger partial charge in [0, 0.05) is 23.8 Å². The van der Waals surface area contributed by atoms with Gasteiger partial charge in [-0.3, -0.25) is 0 Å². The summed E-state index contributed by atoms with van der Waals surface area (Å²) in [6, 6.07) is 7.34. The van der Waals surface area contributed by atoms with Crippen LogP contribution < -0.4 is 4.90 Å². The number of hydrogen-bond donors (Lipinski definition) is 1. The molecule has 1 aromatic rings. The average molecular weight is 248 g/mol. The van der Waals surface area contributed by atoms with Crippen molar-refractivity contribution in [3.8, 4) is 6.07 Å². The summed E-state index contributed by atoms with van der Waals surface area (Å²) in [4.78, 5) is 2.05. The fraction of sp³-hybridized carbons (Fsp3) is 0.500. The van der Waals surface area contributed by atoms with Gasteiger partial charge in [-0.1, -0.05) is 6.07 Å². The highest BCUT2D eigenvalue weighted by Gasteiger charge is 2.31. The molecule has 1 aliphatic rings. The number of halogens is 1. The van der Waals surface area contributed by atoms with Gasteiger partial charge in [0.1, 0.15) is 5.82 Å². The maximum atomic E-state index is 13.8. The van der Waals surface area contributed by atoms with Crippen LogP contribution in [0.4, 0.5) is 10.1 Å². The molecular weight excluding hydrogens is 231 g/mol. The van der Waals surface area contributed by atoms with Crippen molar-refractivity contribution in [3.63, 3.8) is 0 Å². The molecule has 1 fully saturated rings. The minimum atomic E-state index is -0.843. The molecule has 0 amide bonds. The lowest BCUT2D eigenvalue weighted by molar-refractivity contribution is 0.194. The molecule has 2 rings (SSSR count). The molecule has 1 atom stereocenters. The van der Waals surface area contributed by atoms with E-state index in [4.69, 9.17) is 5.26 Å². The number of benzene rings is 1. The van der Waals surface area contributed by atoms with Crippen molar-refractivity contribution in [1.29, 1.82) is 5.26 Å². The van der Waals surface area contributed by atoms with Crippen molar-refractivity contribution in [2.75, 3.05) is 11.4 Å². The van der Waals surface area contributed by atoms with E-state index in [0.29, 0.717) is 24.6 Å². The number of nitrogens with zero attached hydrogens (tertiary/aromatic N) is 2. The normalized spacial score (nSPS) is 16.1. The lowest BCUT2D eigenvalue weighted by Gasteiger charge is -2.27. The van der Waals surface area contributed by atoms with E-state index < -0.39 is 6.10 Å². The van der Waals surface area contributed by atoms with E-state index in [0.717, 1.165) is 18.5 Å². The van der Waals surface area contributed by atoms with Gasteiger partial charge in [-0.2, -0.15) is 5.26 Å². The van der Waals surface area contributed by atoms with Crippen LogP contribution in [0.3, 0.4) is 0 Å². The quantitative estimate of drug-likeness (QED) is 0.871. The fourth-order valence-electron chi connectivity index (χ4n) is 2.25. The number of aliphatic hydroxyl groups is 1.